The summed E-state index contributed by atoms with van der Waals surface area (Å²) in [5, 5.41) is 24.0. The van der Waals surface area contributed by atoms with Crippen molar-refractivity contribution in [3.8, 4) is 5.75 Å². The van der Waals surface area contributed by atoms with Gasteiger partial charge in [-0.05, 0) is 23.8 Å². The SMILES string of the molecule is O=C(O)COc1c(C(=O)O)sc2cc(NC(=O)NCc3ccccc3)ccc12. The first kappa shape index (κ1) is 19.2. The van der Waals surface area contributed by atoms with Crippen LogP contribution >= 0.6 is 11.3 Å². The molecule has 0 bridgehead atoms. The van der Waals surface area contributed by atoms with Gasteiger partial charge in [0.05, 0.1) is 0 Å². The largest absolute Gasteiger partial charge is 0.479 e. The fraction of sp³-hybridized carbons (Fsp3) is 0.105. The van der Waals surface area contributed by atoms with Crippen molar-refractivity contribution in [2.75, 3.05) is 11.9 Å². The molecule has 144 valence electrons. The van der Waals surface area contributed by atoms with Crippen LogP contribution in [0.1, 0.15) is 15.2 Å². The third-order valence-electron chi connectivity index (χ3n) is 3.73. The van der Waals surface area contributed by atoms with Crippen molar-refractivity contribution in [1.82, 2.24) is 5.32 Å². The van der Waals surface area contributed by atoms with Crippen LogP contribution in [0, 0.1) is 0 Å². The van der Waals surface area contributed by atoms with Crippen LogP contribution in [-0.4, -0.2) is 34.8 Å². The highest BCUT2D eigenvalue weighted by Gasteiger charge is 2.20. The van der Waals surface area contributed by atoms with Crippen molar-refractivity contribution in [3.05, 3.63) is 59.0 Å². The average molecular weight is 400 g/mol. The van der Waals surface area contributed by atoms with Gasteiger partial charge in [0.1, 0.15) is 0 Å². The van der Waals surface area contributed by atoms with E-state index in [4.69, 9.17) is 9.84 Å². The lowest BCUT2D eigenvalue weighted by molar-refractivity contribution is -0.139. The van der Waals surface area contributed by atoms with Crippen LogP contribution in [0.2, 0.25) is 0 Å². The number of thiophene rings is 1. The first-order chi connectivity index (χ1) is 13.4. The van der Waals surface area contributed by atoms with E-state index in [1.165, 1.54) is 0 Å². The maximum Gasteiger partial charge on any atom is 0.349 e. The number of carboxylic acid groups (broad SMARTS) is 2. The molecule has 0 saturated heterocycles. The fourth-order valence-electron chi connectivity index (χ4n) is 2.52. The molecule has 3 aromatic rings. The van der Waals surface area contributed by atoms with Crippen LogP contribution in [0.15, 0.2) is 48.5 Å². The highest BCUT2D eigenvalue weighted by molar-refractivity contribution is 7.21. The highest BCUT2D eigenvalue weighted by Crippen LogP contribution is 2.39. The lowest BCUT2D eigenvalue weighted by Crippen LogP contribution is -2.28. The molecule has 8 nitrogen and oxygen atoms in total. The molecule has 0 radical (unpaired) electrons. The Morgan fingerprint density at radius 2 is 1.79 bits per heavy atom. The van der Waals surface area contributed by atoms with E-state index < -0.39 is 24.6 Å². The summed E-state index contributed by atoms with van der Waals surface area (Å²) in [6.07, 6.45) is 0. The summed E-state index contributed by atoms with van der Waals surface area (Å²) in [7, 11) is 0. The number of benzene rings is 2. The molecule has 0 fully saturated rings. The van der Waals surface area contributed by atoms with Gasteiger partial charge in [-0.1, -0.05) is 30.3 Å². The predicted molar refractivity (Wildman–Crippen MR) is 104 cm³/mol. The van der Waals surface area contributed by atoms with E-state index in [0.29, 0.717) is 22.3 Å². The van der Waals surface area contributed by atoms with E-state index in [2.05, 4.69) is 10.6 Å². The number of nitrogens with one attached hydrogen (secondary N) is 2. The second-order valence-electron chi connectivity index (χ2n) is 5.75. The quantitative estimate of drug-likeness (QED) is 0.482. The van der Waals surface area contributed by atoms with Gasteiger partial charge < -0.3 is 25.6 Å². The molecule has 0 spiro atoms. The summed E-state index contributed by atoms with van der Waals surface area (Å²) in [4.78, 5) is 34.1. The van der Waals surface area contributed by atoms with Gasteiger partial charge >= 0.3 is 18.0 Å². The summed E-state index contributed by atoms with van der Waals surface area (Å²) in [6, 6.07) is 13.8. The minimum Gasteiger partial charge on any atom is -0.479 e. The van der Waals surface area contributed by atoms with E-state index >= 15 is 0 Å². The molecule has 4 N–H and O–H groups in total. The summed E-state index contributed by atoms with van der Waals surface area (Å²) >= 11 is 0.946. The summed E-state index contributed by atoms with van der Waals surface area (Å²) in [6.45, 7) is -0.279. The molecule has 0 unspecified atom stereocenters. The zero-order valence-corrected chi connectivity index (χ0v) is 15.3. The van der Waals surface area contributed by atoms with Gasteiger partial charge in [-0.2, -0.15) is 0 Å². The summed E-state index contributed by atoms with van der Waals surface area (Å²) in [5.74, 6) is -2.41. The molecule has 1 aromatic heterocycles. The molecule has 0 aliphatic heterocycles. The number of rotatable bonds is 7. The van der Waals surface area contributed by atoms with Gasteiger partial charge in [0.2, 0.25) is 0 Å². The lowest BCUT2D eigenvalue weighted by atomic mass is 10.2. The Hall–Kier alpha value is -3.59. The van der Waals surface area contributed by atoms with Crippen molar-refractivity contribution in [1.29, 1.82) is 0 Å². The minimum atomic E-state index is -1.21. The number of hydrogen-bond acceptors (Lipinski definition) is 5. The number of carboxylic acids is 2. The van der Waals surface area contributed by atoms with Gasteiger partial charge in [-0.25, -0.2) is 14.4 Å². The van der Waals surface area contributed by atoms with E-state index in [9.17, 15) is 19.5 Å². The van der Waals surface area contributed by atoms with E-state index in [-0.39, 0.29) is 10.6 Å². The van der Waals surface area contributed by atoms with Crippen LogP contribution in [-0.2, 0) is 11.3 Å². The van der Waals surface area contributed by atoms with Gasteiger partial charge in [-0.3, -0.25) is 0 Å². The molecule has 3 rings (SSSR count). The average Bonchev–Trinajstić information content (AvgIpc) is 3.03. The highest BCUT2D eigenvalue weighted by atomic mass is 32.1. The lowest BCUT2D eigenvalue weighted by Gasteiger charge is -2.08. The second-order valence-corrected chi connectivity index (χ2v) is 6.80. The van der Waals surface area contributed by atoms with Gasteiger partial charge in [0.15, 0.2) is 17.2 Å². The van der Waals surface area contributed by atoms with Crippen LogP contribution in [0.5, 0.6) is 5.75 Å². The Labute approximate surface area is 163 Å². The zero-order chi connectivity index (χ0) is 20.1. The third-order valence-corrected chi connectivity index (χ3v) is 4.85. The molecule has 0 saturated carbocycles. The summed E-state index contributed by atoms with van der Waals surface area (Å²) in [5.41, 5.74) is 1.43. The van der Waals surface area contributed by atoms with Crippen LogP contribution < -0.4 is 15.4 Å². The van der Waals surface area contributed by atoms with Crippen molar-refractivity contribution in [3.63, 3.8) is 0 Å². The van der Waals surface area contributed by atoms with Crippen molar-refractivity contribution in [2.45, 2.75) is 6.54 Å². The number of aromatic carboxylic acids is 1. The second kappa shape index (κ2) is 8.40. The number of fused-ring (bicyclic) bond motifs is 1. The number of carbonyl (C=O) groups excluding carboxylic acids is 1. The van der Waals surface area contributed by atoms with E-state index in [1.807, 2.05) is 30.3 Å². The number of carbonyl (C=O) groups is 3. The maximum atomic E-state index is 12.1. The van der Waals surface area contributed by atoms with Crippen LogP contribution in [0.4, 0.5) is 10.5 Å². The number of amides is 2. The normalized spacial score (nSPS) is 10.4. The van der Waals surface area contributed by atoms with Crippen molar-refractivity contribution >= 4 is 45.1 Å². The smallest absolute Gasteiger partial charge is 0.349 e. The molecule has 1 heterocycles. The van der Waals surface area contributed by atoms with E-state index in [1.54, 1.807) is 18.2 Å². The fourth-order valence-corrected chi connectivity index (χ4v) is 3.55. The zero-order valence-electron chi connectivity index (χ0n) is 14.5. The summed E-state index contributed by atoms with van der Waals surface area (Å²) < 4.78 is 5.71. The van der Waals surface area contributed by atoms with E-state index in [0.717, 1.165) is 16.9 Å². The van der Waals surface area contributed by atoms with Crippen LogP contribution in [0.3, 0.4) is 0 Å². The molecule has 2 amide bonds. The Morgan fingerprint density at radius 1 is 1.04 bits per heavy atom. The van der Waals surface area contributed by atoms with Crippen molar-refractivity contribution < 1.29 is 29.3 Å². The Morgan fingerprint density at radius 3 is 2.46 bits per heavy atom. The number of hydrogen-bond donors (Lipinski definition) is 4. The van der Waals surface area contributed by atoms with Crippen LogP contribution in [0.25, 0.3) is 10.1 Å². The monoisotopic (exact) mass is 400 g/mol. The number of aliphatic carboxylic acids is 1. The standard InChI is InChI=1S/C19H16N2O6S/c22-15(23)10-27-16-13-7-6-12(8-14(13)28-17(16)18(24)25)21-19(26)20-9-11-4-2-1-3-5-11/h1-8H,9-10H2,(H,22,23)(H,24,25)(H2,20,21,26). The number of urea groups is 1. The number of ether oxygens (including phenoxy) is 1. The van der Waals surface area contributed by atoms with Gasteiger partial charge in [0, 0.05) is 22.3 Å². The molecule has 0 aliphatic rings. The Kier molecular flexibility index (Phi) is 5.75. The topological polar surface area (TPSA) is 125 Å². The molecular weight excluding hydrogens is 384 g/mol. The van der Waals surface area contributed by atoms with Gasteiger partial charge in [0.25, 0.3) is 0 Å². The van der Waals surface area contributed by atoms with Gasteiger partial charge in [-0.15, -0.1) is 11.3 Å². The Bertz CT molecular complexity index is 1030. The first-order valence-electron chi connectivity index (χ1n) is 8.17. The predicted octanol–water partition coefficient (Wildman–Crippen LogP) is 3.38. The molecule has 2 aromatic carbocycles. The molecule has 28 heavy (non-hydrogen) atoms. The maximum absolute atomic E-state index is 12.1. The molecule has 0 atom stereocenters. The number of anilines is 1. The minimum absolute atomic E-state index is 0.00924. The molecular formula is C19H16N2O6S. The third kappa shape index (κ3) is 4.57. The Balaban J connectivity index is 1.75. The van der Waals surface area contributed by atoms with Crippen molar-refractivity contribution in [2.24, 2.45) is 0 Å². The first-order valence-corrected chi connectivity index (χ1v) is 8.99. The molecule has 9 heteroatoms. The molecule has 0 aliphatic carbocycles.